The zero-order valence-electron chi connectivity index (χ0n) is 9.99. The third kappa shape index (κ3) is 2.73. The van der Waals surface area contributed by atoms with Crippen LogP contribution in [0.15, 0.2) is 6.07 Å². The van der Waals surface area contributed by atoms with E-state index in [2.05, 4.69) is 0 Å². The van der Waals surface area contributed by atoms with Gasteiger partial charge in [0.15, 0.2) is 5.75 Å². The van der Waals surface area contributed by atoms with Crippen LogP contribution in [-0.4, -0.2) is 28.8 Å². The summed E-state index contributed by atoms with van der Waals surface area (Å²) in [6.07, 6.45) is 0.690. The van der Waals surface area contributed by atoms with E-state index in [1.54, 1.807) is 0 Å². The largest absolute Gasteiger partial charge is 0.491 e. The minimum atomic E-state index is -1.26. The zero-order chi connectivity index (χ0) is 13.9. The molecule has 0 bridgehead atoms. The van der Waals surface area contributed by atoms with E-state index in [-0.39, 0.29) is 27.5 Å². The van der Waals surface area contributed by atoms with Crippen molar-refractivity contribution >= 4 is 23.5 Å². The summed E-state index contributed by atoms with van der Waals surface area (Å²) in [7, 11) is 0. The van der Waals surface area contributed by atoms with E-state index >= 15 is 0 Å². The Kier molecular flexibility index (Phi) is 4.55. The lowest BCUT2D eigenvalue weighted by Gasteiger charge is -2.14. The highest BCUT2D eigenvalue weighted by Crippen LogP contribution is 2.34. The average Bonchev–Trinajstić information content (AvgIpc) is 2.28. The summed E-state index contributed by atoms with van der Waals surface area (Å²) >= 11 is 5.88. The number of carbonyl (C=O) groups is 2. The second-order valence-corrected chi connectivity index (χ2v) is 4.10. The molecule has 0 amide bonds. The van der Waals surface area contributed by atoms with Gasteiger partial charge in [0.1, 0.15) is 5.56 Å². The molecular formula is C12H13ClO5. The second-order valence-electron chi connectivity index (χ2n) is 3.69. The summed E-state index contributed by atoms with van der Waals surface area (Å²) in [6.45, 7) is 3.60. The van der Waals surface area contributed by atoms with E-state index in [1.807, 2.05) is 6.92 Å². The first-order chi connectivity index (χ1) is 8.40. The molecule has 0 aliphatic carbocycles. The third-order valence-electron chi connectivity index (χ3n) is 2.39. The Morgan fingerprint density at radius 3 is 2.39 bits per heavy atom. The van der Waals surface area contributed by atoms with Gasteiger partial charge in [0.25, 0.3) is 0 Å². The lowest BCUT2D eigenvalue weighted by molar-refractivity contribution is 0.0691. The number of benzene rings is 1. The minimum absolute atomic E-state index is 0.0103. The van der Waals surface area contributed by atoms with Gasteiger partial charge in [-0.05, 0) is 25.0 Å². The third-order valence-corrected chi connectivity index (χ3v) is 2.67. The Morgan fingerprint density at radius 1 is 1.33 bits per heavy atom. The molecule has 18 heavy (non-hydrogen) atoms. The van der Waals surface area contributed by atoms with Crippen LogP contribution in [0.2, 0.25) is 5.02 Å². The number of rotatable bonds is 5. The quantitative estimate of drug-likeness (QED) is 0.861. The van der Waals surface area contributed by atoms with Gasteiger partial charge in [-0.2, -0.15) is 0 Å². The Morgan fingerprint density at radius 2 is 1.94 bits per heavy atom. The maximum absolute atomic E-state index is 11.2. The molecule has 1 rings (SSSR count). The monoisotopic (exact) mass is 272 g/mol. The Hall–Kier alpha value is -1.75. The van der Waals surface area contributed by atoms with Crippen molar-refractivity contribution in [3.63, 3.8) is 0 Å². The number of hydrogen-bond donors (Lipinski definition) is 2. The van der Waals surface area contributed by atoms with Gasteiger partial charge in [-0.15, -0.1) is 0 Å². The number of hydrogen-bond acceptors (Lipinski definition) is 3. The molecule has 0 spiro atoms. The smallest absolute Gasteiger partial charge is 0.339 e. The van der Waals surface area contributed by atoms with Crippen LogP contribution in [-0.2, 0) is 0 Å². The molecular weight excluding hydrogens is 260 g/mol. The molecule has 0 saturated carbocycles. The molecule has 0 aromatic heterocycles. The van der Waals surface area contributed by atoms with Crippen LogP contribution < -0.4 is 4.74 Å². The lowest BCUT2D eigenvalue weighted by atomic mass is 10.0. The number of ether oxygens (including phenoxy) is 1. The summed E-state index contributed by atoms with van der Waals surface area (Å²) in [5, 5.41) is 18.1. The molecule has 1 aromatic carbocycles. The average molecular weight is 273 g/mol. The van der Waals surface area contributed by atoms with Crippen LogP contribution in [0.3, 0.4) is 0 Å². The van der Waals surface area contributed by atoms with Crippen molar-refractivity contribution < 1.29 is 24.5 Å². The van der Waals surface area contributed by atoms with E-state index < -0.39 is 11.9 Å². The Labute approximate surface area is 109 Å². The van der Waals surface area contributed by atoms with Crippen molar-refractivity contribution in [2.24, 2.45) is 0 Å². The molecule has 2 N–H and O–H groups in total. The van der Waals surface area contributed by atoms with Crippen LogP contribution in [0.4, 0.5) is 0 Å². The van der Waals surface area contributed by atoms with Gasteiger partial charge in [-0.25, -0.2) is 9.59 Å². The van der Waals surface area contributed by atoms with Crippen LogP contribution in [0.5, 0.6) is 5.75 Å². The molecule has 0 atom stereocenters. The van der Waals surface area contributed by atoms with Gasteiger partial charge in [-0.3, -0.25) is 0 Å². The standard InChI is InChI=1S/C12H13ClO5/c1-3-4-18-10-8(13)5-7(11(14)15)6(2)9(10)12(16)17/h5H,3-4H2,1-2H3,(H,14,15)(H,16,17). The predicted octanol–water partition coefficient (Wildman–Crippen LogP) is 2.83. The number of halogens is 1. The van der Waals surface area contributed by atoms with Crippen molar-refractivity contribution in [3.8, 4) is 5.75 Å². The van der Waals surface area contributed by atoms with E-state index in [1.165, 1.54) is 13.0 Å². The molecule has 5 nitrogen and oxygen atoms in total. The molecule has 0 radical (unpaired) electrons. The van der Waals surface area contributed by atoms with Crippen LogP contribution in [0.1, 0.15) is 39.6 Å². The highest BCUT2D eigenvalue weighted by atomic mass is 35.5. The van der Waals surface area contributed by atoms with Gasteiger partial charge in [0, 0.05) is 0 Å². The molecule has 0 heterocycles. The van der Waals surface area contributed by atoms with E-state index in [0.717, 1.165) is 0 Å². The number of aromatic carboxylic acids is 2. The van der Waals surface area contributed by atoms with Crippen LogP contribution >= 0.6 is 11.6 Å². The van der Waals surface area contributed by atoms with Crippen molar-refractivity contribution in [1.82, 2.24) is 0 Å². The van der Waals surface area contributed by atoms with Crippen LogP contribution in [0, 0.1) is 6.92 Å². The van der Waals surface area contributed by atoms with Crippen LogP contribution in [0.25, 0.3) is 0 Å². The first-order valence-corrected chi connectivity index (χ1v) is 5.70. The maximum atomic E-state index is 11.2. The van der Waals surface area contributed by atoms with Crippen molar-refractivity contribution in [2.75, 3.05) is 6.61 Å². The normalized spacial score (nSPS) is 10.2. The number of carboxylic acid groups (broad SMARTS) is 2. The topological polar surface area (TPSA) is 83.8 Å². The van der Waals surface area contributed by atoms with Crippen molar-refractivity contribution in [1.29, 1.82) is 0 Å². The molecule has 1 aromatic rings. The highest BCUT2D eigenvalue weighted by molar-refractivity contribution is 6.33. The zero-order valence-corrected chi connectivity index (χ0v) is 10.7. The summed E-state index contributed by atoms with van der Waals surface area (Å²) in [5.74, 6) is -2.46. The first kappa shape index (κ1) is 14.3. The predicted molar refractivity (Wildman–Crippen MR) is 65.9 cm³/mol. The van der Waals surface area contributed by atoms with E-state index in [4.69, 9.17) is 26.6 Å². The second kappa shape index (κ2) is 5.73. The number of carboxylic acids is 2. The molecule has 0 saturated heterocycles. The molecule has 0 aliphatic rings. The fourth-order valence-corrected chi connectivity index (χ4v) is 1.81. The van der Waals surface area contributed by atoms with Gasteiger partial charge in [0.05, 0.1) is 17.2 Å². The van der Waals surface area contributed by atoms with Crippen molar-refractivity contribution in [3.05, 3.63) is 27.8 Å². The van der Waals surface area contributed by atoms with Gasteiger partial charge >= 0.3 is 11.9 Å². The van der Waals surface area contributed by atoms with E-state index in [0.29, 0.717) is 13.0 Å². The lowest BCUT2D eigenvalue weighted by Crippen LogP contribution is -2.11. The van der Waals surface area contributed by atoms with Gasteiger partial charge in [0.2, 0.25) is 0 Å². The Balaban J connectivity index is 3.47. The summed E-state index contributed by atoms with van der Waals surface area (Å²) in [5.41, 5.74) is -0.208. The summed E-state index contributed by atoms with van der Waals surface area (Å²) in [6, 6.07) is 1.21. The molecule has 98 valence electrons. The molecule has 0 fully saturated rings. The fourth-order valence-electron chi connectivity index (χ4n) is 1.55. The first-order valence-electron chi connectivity index (χ1n) is 5.32. The molecule has 0 unspecified atom stereocenters. The molecule has 6 heteroatoms. The SMILES string of the molecule is CCCOc1c(Cl)cc(C(=O)O)c(C)c1C(=O)O. The van der Waals surface area contributed by atoms with Gasteiger partial charge in [-0.1, -0.05) is 18.5 Å². The Bertz CT molecular complexity index is 496. The summed E-state index contributed by atoms with van der Waals surface area (Å²) < 4.78 is 5.29. The minimum Gasteiger partial charge on any atom is -0.491 e. The maximum Gasteiger partial charge on any atom is 0.339 e. The fraction of sp³-hybridized carbons (Fsp3) is 0.333. The molecule has 0 aliphatic heterocycles. The van der Waals surface area contributed by atoms with Crippen molar-refractivity contribution in [2.45, 2.75) is 20.3 Å². The summed E-state index contributed by atoms with van der Waals surface area (Å²) in [4.78, 5) is 22.2. The van der Waals surface area contributed by atoms with Gasteiger partial charge < -0.3 is 14.9 Å². The van der Waals surface area contributed by atoms with E-state index in [9.17, 15) is 9.59 Å². The highest BCUT2D eigenvalue weighted by Gasteiger charge is 2.23.